The number of benzene rings is 1. The maximum Gasteiger partial charge on any atom is 0.192 e. The topological polar surface area (TPSA) is 41.6 Å². The Morgan fingerprint density at radius 3 is 3.05 bits per heavy atom. The van der Waals surface area contributed by atoms with Crippen LogP contribution in [0.5, 0.6) is 0 Å². The lowest BCUT2D eigenvalue weighted by Crippen LogP contribution is -2.54. The van der Waals surface area contributed by atoms with Crippen LogP contribution in [0, 0.1) is 0 Å². The third kappa shape index (κ3) is 1.84. The number of rotatable bonds is 2. The second-order valence-corrected chi connectivity index (χ2v) is 6.56. The summed E-state index contributed by atoms with van der Waals surface area (Å²) in [7, 11) is 0. The Morgan fingerprint density at radius 2 is 2.26 bits per heavy atom. The first-order chi connectivity index (χ1) is 9.19. The zero-order valence-corrected chi connectivity index (χ0v) is 12.4. The lowest BCUT2D eigenvalue weighted by molar-refractivity contribution is 0.143. The van der Waals surface area contributed by atoms with E-state index in [9.17, 15) is 0 Å². The van der Waals surface area contributed by atoms with Gasteiger partial charge in [0.05, 0.1) is 12.1 Å². The monoisotopic (exact) mass is 275 g/mol. The molecule has 1 aromatic rings. The van der Waals surface area contributed by atoms with Crippen molar-refractivity contribution in [3.63, 3.8) is 0 Å². The SMILES string of the molecule is CCC(C)N1C(N)=NCC12CCSc1ccccc12. The molecular weight excluding hydrogens is 254 g/mol. The largest absolute Gasteiger partial charge is 0.370 e. The van der Waals surface area contributed by atoms with E-state index in [0.717, 1.165) is 31.1 Å². The van der Waals surface area contributed by atoms with Crippen LogP contribution in [-0.2, 0) is 5.54 Å². The minimum absolute atomic E-state index is 0.00134. The number of hydrogen-bond donors (Lipinski definition) is 1. The summed E-state index contributed by atoms with van der Waals surface area (Å²) in [6.07, 6.45) is 2.22. The molecule has 0 fully saturated rings. The first-order valence-electron chi connectivity index (χ1n) is 7.00. The van der Waals surface area contributed by atoms with Gasteiger partial charge >= 0.3 is 0 Å². The number of fused-ring (bicyclic) bond motifs is 2. The number of guanidine groups is 1. The number of thioether (sulfide) groups is 1. The maximum atomic E-state index is 6.19. The van der Waals surface area contributed by atoms with Gasteiger partial charge in [-0.3, -0.25) is 4.99 Å². The van der Waals surface area contributed by atoms with Crippen molar-refractivity contribution in [3.05, 3.63) is 29.8 Å². The summed E-state index contributed by atoms with van der Waals surface area (Å²) in [6.45, 7) is 5.27. The Kier molecular flexibility index (Phi) is 3.21. The highest BCUT2D eigenvalue weighted by atomic mass is 32.2. The van der Waals surface area contributed by atoms with Gasteiger partial charge in [0.2, 0.25) is 0 Å². The molecule has 2 aliphatic heterocycles. The maximum absolute atomic E-state index is 6.19. The van der Waals surface area contributed by atoms with E-state index in [2.05, 4.69) is 48.0 Å². The molecule has 1 spiro atoms. The molecule has 2 N–H and O–H groups in total. The van der Waals surface area contributed by atoms with Gasteiger partial charge in [0.1, 0.15) is 0 Å². The zero-order chi connectivity index (χ0) is 13.5. The van der Waals surface area contributed by atoms with E-state index in [0.29, 0.717) is 6.04 Å². The van der Waals surface area contributed by atoms with Gasteiger partial charge in [-0.1, -0.05) is 25.1 Å². The van der Waals surface area contributed by atoms with Gasteiger partial charge in [0, 0.05) is 16.7 Å². The van der Waals surface area contributed by atoms with Crippen LogP contribution < -0.4 is 5.73 Å². The highest BCUT2D eigenvalue weighted by Crippen LogP contribution is 2.47. The van der Waals surface area contributed by atoms with E-state index >= 15 is 0 Å². The normalized spacial score (nSPS) is 27.3. The Morgan fingerprint density at radius 1 is 1.47 bits per heavy atom. The summed E-state index contributed by atoms with van der Waals surface area (Å²) >= 11 is 1.95. The van der Waals surface area contributed by atoms with Crippen LogP contribution in [0.3, 0.4) is 0 Å². The molecule has 0 radical (unpaired) electrons. The Hall–Kier alpha value is -1.16. The average molecular weight is 275 g/mol. The van der Waals surface area contributed by atoms with Gasteiger partial charge < -0.3 is 10.6 Å². The van der Waals surface area contributed by atoms with E-state index in [-0.39, 0.29) is 5.54 Å². The van der Waals surface area contributed by atoms with E-state index in [1.54, 1.807) is 0 Å². The Balaban J connectivity index is 2.09. The molecule has 1 aromatic carbocycles. The quantitative estimate of drug-likeness (QED) is 0.902. The molecule has 2 unspecified atom stereocenters. The minimum Gasteiger partial charge on any atom is -0.370 e. The summed E-state index contributed by atoms with van der Waals surface area (Å²) in [5, 5.41) is 0. The van der Waals surface area contributed by atoms with Crippen LogP contribution in [-0.4, -0.2) is 29.2 Å². The summed E-state index contributed by atoms with van der Waals surface area (Å²) in [4.78, 5) is 8.34. The van der Waals surface area contributed by atoms with Crippen molar-refractivity contribution in [1.29, 1.82) is 0 Å². The predicted molar refractivity (Wildman–Crippen MR) is 81.5 cm³/mol. The molecule has 2 heterocycles. The van der Waals surface area contributed by atoms with Crippen LogP contribution in [0.15, 0.2) is 34.2 Å². The first kappa shape index (κ1) is 12.9. The summed E-state index contributed by atoms with van der Waals surface area (Å²) in [6, 6.07) is 9.17. The van der Waals surface area contributed by atoms with Gasteiger partial charge in [-0.25, -0.2) is 0 Å². The second kappa shape index (κ2) is 4.75. The smallest absolute Gasteiger partial charge is 0.192 e. The number of nitrogens with zero attached hydrogens (tertiary/aromatic N) is 2. The summed E-state index contributed by atoms with van der Waals surface area (Å²) in [5.74, 6) is 1.86. The molecule has 102 valence electrons. The summed E-state index contributed by atoms with van der Waals surface area (Å²) < 4.78 is 0. The standard InChI is InChI=1S/C15H21N3S/c1-3-11(2)18-14(16)17-10-15(18)8-9-19-13-7-5-4-6-12(13)15/h4-7,11H,3,8-10H2,1-2H3,(H2,16,17). The molecule has 0 aromatic heterocycles. The van der Waals surface area contributed by atoms with Crippen molar-refractivity contribution < 1.29 is 0 Å². The minimum atomic E-state index is 0.00134. The number of nitrogens with two attached hydrogens (primary N) is 1. The lowest BCUT2D eigenvalue weighted by atomic mass is 9.84. The molecule has 2 aliphatic rings. The fourth-order valence-corrected chi connectivity index (χ4v) is 4.52. The van der Waals surface area contributed by atoms with Crippen molar-refractivity contribution in [1.82, 2.24) is 4.90 Å². The molecule has 0 aliphatic carbocycles. The third-order valence-electron chi connectivity index (χ3n) is 4.40. The van der Waals surface area contributed by atoms with Gasteiger partial charge in [0.25, 0.3) is 0 Å². The van der Waals surface area contributed by atoms with Crippen molar-refractivity contribution in [3.8, 4) is 0 Å². The lowest BCUT2D eigenvalue weighted by Gasteiger charge is -2.46. The summed E-state index contributed by atoms with van der Waals surface area (Å²) in [5.41, 5.74) is 7.60. The van der Waals surface area contributed by atoms with E-state index in [4.69, 9.17) is 5.73 Å². The van der Waals surface area contributed by atoms with Gasteiger partial charge in [-0.15, -0.1) is 11.8 Å². The molecule has 0 amide bonds. The van der Waals surface area contributed by atoms with Crippen molar-refractivity contribution in [2.24, 2.45) is 10.7 Å². The van der Waals surface area contributed by atoms with Crippen LogP contribution in [0.25, 0.3) is 0 Å². The molecular formula is C15H21N3S. The molecule has 3 rings (SSSR count). The average Bonchev–Trinajstić information content (AvgIpc) is 2.76. The van der Waals surface area contributed by atoms with E-state index in [1.165, 1.54) is 10.5 Å². The molecule has 4 heteroatoms. The molecule has 0 bridgehead atoms. The molecule has 19 heavy (non-hydrogen) atoms. The Labute approximate surface area is 119 Å². The fraction of sp³-hybridized carbons (Fsp3) is 0.533. The highest BCUT2D eigenvalue weighted by molar-refractivity contribution is 7.99. The third-order valence-corrected chi connectivity index (χ3v) is 5.48. The Bertz CT molecular complexity index is 514. The molecule has 3 nitrogen and oxygen atoms in total. The first-order valence-corrected chi connectivity index (χ1v) is 7.99. The predicted octanol–water partition coefficient (Wildman–Crippen LogP) is 2.81. The van der Waals surface area contributed by atoms with Crippen LogP contribution in [0.4, 0.5) is 0 Å². The molecule has 0 saturated heterocycles. The van der Waals surface area contributed by atoms with Crippen LogP contribution in [0.2, 0.25) is 0 Å². The number of aliphatic imine (C=N–C) groups is 1. The van der Waals surface area contributed by atoms with Crippen LogP contribution >= 0.6 is 11.8 Å². The van der Waals surface area contributed by atoms with Crippen molar-refractivity contribution in [2.45, 2.75) is 43.2 Å². The van der Waals surface area contributed by atoms with E-state index in [1.807, 2.05) is 11.8 Å². The van der Waals surface area contributed by atoms with Crippen LogP contribution in [0.1, 0.15) is 32.3 Å². The highest BCUT2D eigenvalue weighted by Gasteiger charge is 2.47. The second-order valence-electron chi connectivity index (χ2n) is 5.43. The number of hydrogen-bond acceptors (Lipinski definition) is 4. The fourth-order valence-electron chi connectivity index (χ4n) is 3.27. The zero-order valence-electron chi connectivity index (χ0n) is 11.6. The molecule has 2 atom stereocenters. The van der Waals surface area contributed by atoms with E-state index < -0.39 is 0 Å². The van der Waals surface area contributed by atoms with Crippen molar-refractivity contribution in [2.75, 3.05) is 12.3 Å². The van der Waals surface area contributed by atoms with Gasteiger partial charge in [0.15, 0.2) is 5.96 Å². The molecule has 0 saturated carbocycles. The van der Waals surface area contributed by atoms with Crippen molar-refractivity contribution >= 4 is 17.7 Å². The van der Waals surface area contributed by atoms with Gasteiger partial charge in [-0.2, -0.15) is 0 Å². The van der Waals surface area contributed by atoms with Gasteiger partial charge in [-0.05, 0) is 31.4 Å².